The predicted molar refractivity (Wildman–Crippen MR) is 106 cm³/mol. The first-order valence-corrected chi connectivity index (χ1v) is 8.90. The molecule has 1 aliphatic heterocycles. The zero-order valence-corrected chi connectivity index (χ0v) is 16.6. The van der Waals surface area contributed by atoms with E-state index in [1.165, 1.54) is 45.4 Å². The standard InChI is InChI=1S/C21H22N2O6/c1-12(24)23-17(13-5-7-14(8-6-13)21(25)26)11-16(22-23)15-9-18(27-2)20(29-4)19(10-15)28-3/h5-10,17H,11H2,1-4H3,(H,25,26)/t17-/m1/s1. The number of amides is 1. The van der Waals surface area contributed by atoms with E-state index in [0.717, 1.165) is 11.1 Å². The maximum Gasteiger partial charge on any atom is 0.335 e. The van der Waals surface area contributed by atoms with Gasteiger partial charge in [-0.3, -0.25) is 4.79 Å². The Kier molecular flexibility index (Phi) is 5.72. The number of ether oxygens (including phenoxy) is 3. The number of carbonyl (C=O) groups is 2. The van der Waals surface area contributed by atoms with E-state index in [1.807, 2.05) is 0 Å². The van der Waals surface area contributed by atoms with Gasteiger partial charge in [0.1, 0.15) is 0 Å². The molecule has 0 radical (unpaired) electrons. The first-order chi connectivity index (χ1) is 13.9. The molecular formula is C21H22N2O6. The molecule has 8 nitrogen and oxygen atoms in total. The molecule has 0 spiro atoms. The minimum absolute atomic E-state index is 0.187. The third kappa shape index (κ3) is 3.87. The molecule has 1 aliphatic rings. The van der Waals surface area contributed by atoms with Crippen molar-refractivity contribution in [2.45, 2.75) is 19.4 Å². The Morgan fingerprint density at radius 2 is 1.62 bits per heavy atom. The molecule has 0 saturated carbocycles. The van der Waals surface area contributed by atoms with Crippen molar-refractivity contribution in [3.63, 3.8) is 0 Å². The topological polar surface area (TPSA) is 97.7 Å². The van der Waals surface area contributed by atoms with Crippen molar-refractivity contribution in [1.29, 1.82) is 0 Å². The largest absolute Gasteiger partial charge is 0.493 e. The quantitative estimate of drug-likeness (QED) is 0.803. The van der Waals surface area contributed by atoms with E-state index < -0.39 is 5.97 Å². The summed E-state index contributed by atoms with van der Waals surface area (Å²) < 4.78 is 16.2. The average Bonchev–Trinajstić information content (AvgIpc) is 3.18. The number of carboxylic acids is 1. The monoisotopic (exact) mass is 398 g/mol. The Morgan fingerprint density at radius 1 is 1.03 bits per heavy atom. The SMILES string of the molecule is COc1cc(C2=NN(C(C)=O)[C@@H](c3ccc(C(=O)O)cc3)C2)cc(OC)c1OC. The van der Waals surface area contributed by atoms with E-state index in [-0.39, 0.29) is 17.5 Å². The molecule has 1 atom stereocenters. The van der Waals surface area contributed by atoms with E-state index in [1.54, 1.807) is 24.3 Å². The smallest absolute Gasteiger partial charge is 0.335 e. The third-order valence-corrected chi connectivity index (χ3v) is 4.77. The van der Waals surface area contributed by atoms with Gasteiger partial charge in [0, 0.05) is 18.9 Å². The number of rotatable bonds is 6. The molecule has 8 heteroatoms. The highest BCUT2D eigenvalue weighted by Crippen LogP contribution is 2.40. The van der Waals surface area contributed by atoms with Gasteiger partial charge >= 0.3 is 5.97 Å². The van der Waals surface area contributed by atoms with Crippen LogP contribution in [0.5, 0.6) is 17.2 Å². The highest BCUT2D eigenvalue weighted by atomic mass is 16.5. The number of hydrazone groups is 1. The maximum atomic E-state index is 12.2. The molecule has 2 aromatic carbocycles. The fraction of sp³-hybridized carbons (Fsp3) is 0.286. The van der Waals surface area contributed by atoms with Gasteiger partial charge in [0.2, 0.25) is 11.7 Å². The summed E-state index contributed by atoms with van der Waals surface area (Å²) in [5.41, 5.74) is 2.42. The van der Waals surface area contributed by atoms with Gasteiger partial charge in [0.15, 0.2) is 11.5 Å². The summed E-state index contributed by atoms with van der Waals surface area (Å²) in [7, 11) is 4.60. The first kappa shape index (κ1) is 20.2. The second kappa shape index (κ2) is 8.22. The zero-order valence-electron chi connectivity index (χ0n) is 16.6. The van der Waals surface area contributed by atoms with Crippen molar-refractivity contribution in [2.24, 2.45) is 5.10 Å². The van der Waals surface area contributed by atoms with Gasteiger partial charge < -0.3 is 19.3 Å². The van der Waals surface area contributed by atoms with Crippen molar-refractivity contribution in [1.82, 2.24) is 5.01 Å². The van der Waals surface area contributed by atoms with Gasteiger partial charge in [-0.1, -0.05) is 12.1 Å². The number of aromatic carboxylic acids is 1. The van der Waals surface area contributed by atoms with Crippen LogP contribution in [-0.2, 0) is 4.79 Å². The van der Waals surface area contributed by atoms with E-state index >= 15 is 0 Å². The van der Waals surface area contributed by atoms with Gasteiger partial charge in [-0.2, -0.15) is 5.10 Å². The second-order valence-corrected chi connectivity index (χ2v) is 6.47. The van der Waals surface area contributed by atoms with Gasteiger partial charge in [0.25, 0.3) is 0 Å². The van der Waals surface area contributed by atoms with Crippen LogP contribution in [0.3, 0.4) is 0 Å². The second-order valence-electron chi connectivity index (χ2n) is 6.47. The third-order valence-electron chi connectivity index (χ3n) is 4.77. The Bertz CT molecular complexity index is 943. The van der Waals surface area contributed by atoms with E-state index in [4.69, 9.17) is 19.3 Å². The normalized spacial score (nSPS) is 15.7. The molecule has 0 aromatic heterocycles. The highest BCUT2D eigenvalue weighted by molar-refractivity contribution is 6.04. The molecule has 0 aliphatic carbocycles. The van der Waals surface area contributed by atoms with Crippen molar-refractivity contribution >= 4 is 17.6 Å². The van der Waals surface area contributed by atoms with E-state index in [9.17, 15) is 9.59 Å². The number of carbonyl (C=O) groups excluding carboxylic acids is 1. The highest BCUT2D eigenvalue weighted by Gasteiger charge is 2.32. The Hall–Kier alpha value is -3.55. The number of nitrogens with zero attached hydrogens (tertiary/aromatic N) is 2. The number of methoxy groups -OCH3 is 3. The molecule has 29 heavy (non-hydrogen) atoms. The van der Waals surface area contributed by atoms with Gasteiger partial charge in [-0.25, -0.2) is 9.80 Å². The fourth-order valence-electron chi connectivity index (χ4n) is 3.33. The molecule has 0 saturated heterocycles. The molecular weight excluding hydrogens is 376 g/mol. The lowest BCUT2D eigenvalue weighted by molar-refractivity contribution is -0.130. The summed E-state index contributed by atoms with van der Waals surface area (Å²) >= 11 is 0. The van der Waals surface area contributed by atoms with Gasteiger partial charge in [-0.15, -0.1) is 0 Å². The maximum absolute atomic E-state index is 12.2. The van der Waals surface area contributed by atoms with Crippen LogP contribution in [0.15, 0.2) is 41.5 Å². The molecule has 0 unspecified atom stereocenters. The van der Waals surface area contributed by atoms with Crippen molar-refractivity contribution in [3.05, 3.63) is 53.1 Å². The predicted octanol–water partition coefficient (Wildman–Crippen LogP) is 3.11. The van der Waals surface area contributed by atoms with Crippen LogP contribution in [0.2, 0.25) is 0 Å². The number of hydrogen-bond acceptors (Lipinski definition) is 6. The van der Waals surface area contributed by atoms with Crippen LogP contribution < -0.4 is 14.2 Å². The number of hydrogen-bond donors (Lipinski definition) is 1. The number of carboxylic acid groups (broad SMARTS) is 1. The van der Waals surface area contributed by atoms with Crippen LogP contribution in [-0.4, -0.2) is 49.0 Å². The van der Waals surface area contributed by atoms with E-state index in [2.05, 4.69) is 5.10 Å². The minimum Gasteiger partial charge on any atom is -0.493 e. The van der Waals surface area contributed by atoms with Crippen LogP contribution in [0.25, 0.3) is 0 Å². The Labute approximate surface area is 168 Å². The van der Waals surface area contributed by atoms with E-state index in [0.29, 0.717) is 29.4 Å². The molecule has 0 fully saturated rings. The molecule has 152 valence electrons. The van der Waals surface area contributed by atoms with Crippen LogP contribution in [0.4, 0.5) is 0 Å². The van der Waals surface area contributed by atoms with Crippen LogP contribution in [0.1, 0.15) is 40.9 Å². The van der Waals surface area contributed by atoms with Crippen LogP contribution >= 0.6 is 0 Å². The summed E-state index contributed by atoms with van der Waals surface area (Å²) in [5.74, 6) is 0.253. The summed E-state index contributed by atoms with van der Waals surface area (Å²) in [4.78, 5) is 23.3. The average molecular weight is 398 g/mol. The summed E-state index contributed by atoms with van der Waals surface area (Å²) in [6.07, 6.45) is 0.463. The Balaban J connectivity index is 1.98. The first-order valence-electron chi connectivity index (χ1n) is 8.90. The molecule has 1 N–H and O–H groups in total. The lowest BCUT2D eigenvalue weighted by Gasteiger charge is -2.20. The fourth-order valence-corrected chi connectivity index (χ4v) is 3.33. The zero-order chi connectivity index (χ0) is 21.1. The van der Waals surface area contributed by atoms with Crippen molar-refractivity contribution in [3.8, 4) is 17.2 Å². The van der Waals surface area contributed by atoms with Gasteiger partial charge in [-0.05, 0) is 29.8 Å². The summed E-state index contributed by atoms with van der Waals surface area (Å²) in [6.45, 7) is 1.44. The summed E-state index contributed by atoms with van der Waals surface area (Å²) in [5, 5.41) is 15.0. The number of benzene rings is 2. The molecule has 1 amide bonds. The molecule has 0 bridgehead atoms. The van der Waals surface area contributed by atoms with Gasteiger partial charge in [0.05, 0.1) is 38.6 Å². The Morgan fingerprint density at radius 3 is 2.07 bits per heavy atom. The molecule has 2 aromatic rings. The van der Waals surface area contributed by atoms with Crippen molar-refractivity contribution in [2.75, 3.05) is 21.3 Å². The minimum atomic E-state index is -0.999. The van der Waals surface area contributed by atoms with Crippen molar-refractivity contribution < 1.29 is 28.9 Å². The lowest BCUT2D eigenvalue weighted by atomic mass is 9.97. The molecule has 3 rings (SSSR count). The molecule has 1 heterocycles. The summed E-state index contributed by atoms with van der Waals surface area (Å²) in [6, 6.07) is 9.70. The lowest BCUT2D eigenvalue weighted by Crippen LogP contribution is -2.24. The van der Waals surface area contributed by atoms with Crippen LogP contribution in [0, 0.1) is 0 Å².